The molecule has 0 bridgehead atoms. The van der Waals surface area contributed by atoms with E-state index in [9.17, 15) is 0 Å². The molecule has 1 unspecified atom stereocenters. The molecule has 47 valence electrons. The maximum atomic E-state index is 3.85. The fraction of sp³-hybridized carbons (Fsp3) is 0.625. The third kappa shape index (κ3) is 3.91. The van der Waals surface area contributed by atoms with Gasteiger partial charge in [0.05, 0.1) is 0 Å². The molecule has 0 aromatic carbocycles. The molecule has 0 amide bonds. The number of hydrogen-bond donors (Lipinski definition) is 0. The van der Waals surface area contributed by atoms with Gasteiger partial charge in [0, 0.05) is 0 Å². The van der Waals surface area contributed by atoms with Gasteiger partial charge in [0.1, 0.15) is 0 Å². The van der Waals surface area contributed by atoms with Crippen molar-refractivity contribution in [1.29, 1.82) is 0 Å². The van der Waals surface area contributed by atoms with Gasteiger partial charge in [0.15, 0.2) is 0 Å². The van der Waals surface area contributed by atoms with Gasteiger partial charge < -0.3 is 0 Å². The second-order valence-electron chi connectivity index (χ2n) is 2.34. The molecule has 0 aliphatic heterocycles. The minimum absolute atomic E-state index is 0.468. The van der Waals surface area contributed by atoms with Crippen LogP contribution in [0.25, 0.3) is 0 Å². The highest BCUT2D eigenvalue weighted by atomic mass is 13.9. The van der Waals surface area contributed by atoms with Crippen molar-refractivity contribution in [2.24, 2.45) is 5.92 Å². The van der Waals surface area contributed by atoms with Gasteiger partial charge in [0.2, 0.25) is 0 Å². The van der Waals surface area contributed by atoms with E-state index < -0.39 is 0 Å². The molecule has 0 aromatic heterocycles. The van der Waals surface area contributed by atoms with Crippen LogP contribution in [0.4, 0.5) is 0 Å². The second-order valence-corrected chi connectivity index (χ2v) is 2.34. The first kappa shape index (κ1) is 7.74. The lowest BCUT2D eigenvalue weighted by atomic mass is 10.1. The van der Waals surface area contributed by atoms with Crippen molar-refractivity contribution in [1.82, 2.24) is 0 Å². The summed E-state index contributed by atoms with van der Waals surface area (Å²) in [5.41, 5.74) is 1.44. The molecule has 0 fully saturated rings. The fourth-order valence-electron chi connectivity index (χ4n) is 0.604. The summed E-state index contributed by atoms with van der Waals surface area (Å²) in [5, 5.41) is 0. The normalized spacial score (nSPS) is 12.9. The van der Waals surface area contributed by atoms with Gasteiger partial charge in [-0.1, -0.05) is 25.5 Å². The monoisotopic (exact) mass is 111 g/mol. The van der Waals surface area contributed by atoms with Crippen molar-refractivity contribution in [2.75, 3.05) is 0 Å². The highest BCUT2D eigenvalue weighted by Gasteiger charge is 1.86. The van der Waals surface area contributed by atoms with Crippen LogP contribution in [0.3, 0.4) is 0 Å². The molecule has 1 atom stereocenters. The van der Waals surface area contributed by atoms with Crippen LogP contribution in [0.5, 0.6) is 0 Å². The maximum Gasteiger partial charge on any atom is -0.0259 e. The molecule has 0 rings (SSSR count). The molecular formula is C8H15. The minimum Gasteiger partial charge on any atom is -0.0828 e. The van der Waals surface area contributed by atoms with Crippen molar-refractivity contribution in [3.8, 4) is 0 Å². The summed E-state index contributed by atoms with van der Waals surface area (Å²) >= 11 is 0. The van der Waals surface area contributed by atoms with Crippen molar-refractivity contribution in [3.05, 3.63) is 18.6 Å². The Labute approximate surface area is 52.6 Å². The van der Waals surface area contributed by atoms with Gasteiger partial charge in [-0.2, -0.15) is 0 Å². The Morgan fingerprint density at radius 1 is 1.75 bits per heavy atom. The molecule has 0 aromatic rings. The summed E-state index contributed by atoms with van der Waals surface area (Å²) in [6.07, 6.45) is 3.35. The van der Waals surface area contributed by atoms with Crippen molar-refractivity contribution in [2.45, 2.75) is 27.2 Å². The summed E-state index contributed by atoms with van der Waals surface area (Å²) < 4.78 is 0. The van der Waals surface area contributed by atoms with Crippen LogP contribution in [-0.4, -0.2) is 0 Å². The zero-order valence-corrected chi connectivity index (χ0v) is 6.07. The van der Waals surface area contributed by atoms with Crippen LogP contribution < -0.4 is 0 Å². The first-order valence-electron chi connectivity index (χ1n) is 3.17. The lowest BCUT2D eigenvalue weighted by Crippen LogP contribution is -1.81. The van der Waals surface area contributed by atoms with E-state index in [-0.39, 0.29) is 0 Å². The first-order valence-corrected chi connectivity index (χ1v) is 3.17. The summed E-state index contributed by atoms with van der Waals surface area (Å²) in [4.78, 5) is 0. The molecule has 0 aliphatic rings. The van der Waals surface area contributed by atoms with Gasteiger partial charge in [0.25, 0.3) is 0 Å². The fourth-order valence-corrected chi connectivity index (χ4v) is 0.604. The van der Waals surface area contributed by atoms with Gasteiger partial charge in [-0.05, 0) is 26.2 Å². The molecule has 0 saturated heterocycles. The SMILES string of the molecule is [CH2]C(C)/C=C(\C)CC. The first-order chi connectivity index (χ1) is 3.66. The zero-order chi connectivity index (χ0) is 6.57. The van der Waals surface area contributed by atoms with E-state index in [4.69, 9.17) is 0 Å². The van der Waals surface area contributed by atoms with Gasteiger partial charge in [-0.15, -0.1) is 0 Å². The summed E-state index contributed by atoms with van der Waals surface area (Å²) in [6.45, 7) is 10.2. The van der Waals surface area contributed by atoms with Gasteiger partial charge >= 0.3 is 0 Å². The molecule has 0 spiro atoms. The molecular weight excluding hydrogens is 96.1 g/mol. The Balaban J connectivity index is 3.56. The Morgan fingerprint density at radius 2 is 2.25 bits per heavy atom. The number of rotatable bonds is 2. The van der Waals surface area contributed by atoms with E-state index in [2.05, 4.69) is 33.8 Å². The predicted octanol–water partition coefficient (Wildman–Crippen LogP) is 2.81. The third-order valence-electron chi connectivity index (χ3n) is 1.13. The smallest absolute Gasteiger partial charge is 0.0259 e. The van der Waals surface area contributed by atoms with Gasteiger partial charge in [-0.3, -0.25) is 0 Å². The van der Waals surface area contributed by atoms with Crippen molar-refractivity contribution >= 4 is 0 Å². The average Bonchev–Trinajstić information content (AvgIpc) is 1.65. The Bertz CT molecular complexity index is 78.0. The van der Waals surface area contributed by atoms with Crippen LogP contribution in [-0.2, 0) is 0 Å². The third-order valence-corrected chi connectivity index (χ3v) is 1.13. The van der Waals surface area contributed by atoms with Crippen LogP contribution in [0.2, 0.25) is 0 Å². The predicted molar refractivity (Wildman–Crippen MR) is 38.6 cm³/mol. The van der Waals surface area contributed by atoms with Crippen LogP contribution in [0.15, 0.2) is 11.6 Å². The van der Waals surface area contributed by atoms with Gasteiger partial charge in [-0.25, -0.2) is 0 Å². The van der Waals surface area contributed by atoms with E-state index in [1.165, 1.54) is 5.57 Å². The lowest BCUT2D eigenvalue weighted by Gasteiger charge is -1.96. The summed E-state index contributed by atoms with van der Waals surface area (Å²) in [7, 11) is 0. The largest absolute Gasteiger partial charge is 0.0828 e. The van der Waals surface area contributed by atoms with E-state index in [0.29, 0.717) is 5.92 Å². The number of allylic oxidation sites excluding steroid dienone is 2. The minimum atomic E-state index is 0.468. The van der Waals surface area contributed by atoms with E-state index in [1.807, 2.05) is 0 Å². The zero-order valence-electron chi connectivity index (χ0n) is 6.07. The van der Waals surface area contributed by atoms with E-state index in [1.54, 1.807) is 0 Å². The lowest BCUT2D eigenvalue weighted by molar-refractivity contribution is 0.903. The highest BCUT2D eigenvalue weighted by Crippen LogP contribution is 2.03. The Kier molecular flexibility index (Phi) is 3.59. The topological polar surface area (TPSA) is 0 Å². The van der Waals surface area contributed by atoms with Crippen LogP contribution in [0.1, 0.15) is 27.2 Å². The molecule has 8 heavy (non-hydrogen) atoms. The molecule has 0 aliphatic carbocycles. The molecule has 0 N–H and O–H groups in total. The molecule has 1 radical (unpaired) electrons. The highest BCUT2D eigenvalue weighted by molar-refractivity contribution is 4.99. The van der Waals surface area contributed by atoms with E-state index in [0.717, 1.165) is 6.42 Å². The van der Waals surface area contributed by atoms with Crippen LogP contribution in [0, 0.1) is 12.8 Å². The average molecular weight is 111 g/mol. The second kappa shape index (κ2) is 3.71. The Morgan fingerprint density at radius 3 is 2.38 bits per heavy atom. The van der Waals surface area contributed by atoms with Crippen molar-refractivity contribution in [3.63, 3.8) is 0 Å². The molecule has 0 heteroatoms. The maximum absolute atomic E-state index is 3.85. The van der Waals surface area contributed by atoms with Crippen molar-refractivity contribution < 1.29 is 0 Å². The Hall–Kier alpha value is -0.260. The molecule has 0 heterocycles. The summed E-state index contributed by atoms with van der Waals surface area (Å²) in [5.74, 6) is 0.468. The molecule has 0 saturated carbocycles. The quantitative estimate of drug-likeness (QED) is 0.481. The molecule has 0 nitrogen and oxygen atoms in total. The standard InChI is InChI=1S/C8H15/c1-5-8(4)6-7(2)3/h6-7H,2,5H2,1,3-4H3/b8-6+. The summed E-state index contributed by atoms with van der Waals surface area (Å²) in [6, 6.07) is 0. The van der Waals surface area contributed by atoms with Crippen LogP contribution >= 0.6 is 0 Å². The number of hydrogen-bond acceptors (Lipinski definition) is 0. The van der Waals surface area contributed by atoms with E-state index >= 15 is 0 Å².